The number of nitrogens with zero attached hydrogens (tertiary/aromatic N) is 4. The largest absolute Gasteiger partial charge is 0.507 e. The van der Waals surface area contributed by atoms with E-state index in [0.29, 0.717) is 5.82 Å². The smallest absolute Gasteiger partial charge is 0.312 e. The molecule has 1 saturated heterocycles. The number of aliphatic hydroxyl groups excluding tert-OH is 2. The SMILES string of the molecule is COC1C=COC2(C)Oc3c(C)c(O)c4c(O)c(c(/C=N/Nc5ccc(N6CCCCC6)nn5)c(O)c4c3C2=O)NC(=O)C(C)=CC=CC(C)C(O)C(C)C(O)C(C)C(OC(C)=O)C1C. The lowest BCUT2D eigenvalue weighted by Gasteiger charge is -2.38. The second-order valence-corrected chi connectivity index (χ2v) is 17.3. The molecule has 4 aliphatic heterocycles. The topological polar surface area (TPSA) is 255 Å². The van der Waals surface area contributed by atoms with Crippen LogP contribution >= 0.6 is 0 Å². The minimum atomic E-state index is -2.08. The fraction of sp³-hybridized carbons (Fsp3) is 0.489. The second kappa shape index (κ2) is 19.9. The number of Topliss-reactive ketones (excluding diaryl/α,β-unsaturated/α-hetero) is 1. The number of aromatic hydroxyl groups is 3. The van der Waals surface area contributed by atoms with Gasteiger partial charge in [0.25, 0.3) is 11.7 Å². The Labute approximate surface area is 377 Å². The molecule has 18 nitrogen and oxygen atoms in total. The van der Waals surface area contributed by atoms with Gasteiger partial charge in [0.15, 0.2) is 17.4 Å². The van der Waals surface area contributed by atoms with Crippen molar-refractivity contribution in [2.24, 2.45) is 28.8 Å². The minimum Gasteiger partial charge on any atom is -0.507 e. The third-order valence-corrected chi connectivity index (χ3v) is 12.7. The summed E-state index contributed by atoms with van der Waals surface area (Å²) in [6.07, 6.45) is 7.80. The number of anilines is 3. The van der Waals surface area contributed by atoms with Gasteiger partial charge in [-0.05, 0) is 51.3 Å². The summed E-state index contributed by atoms with van der Waals surface area (Å²) in [5.41, 5.74) is 2.08. The van der Waals surface area contributed by atoms with Gasteiger partial charge >= 0.3 is 11.8 Å². The van der Waals surface area contributed by atoms with E-state index in [0.717, 1.165) is 38.6 Å². The van der Waals surface area contributed by atoms with Gasteiger partial charge in [0.1, 0.15) is 23.4 Å². The van der Waals surface area contributed by atoms with Gasteiger partial charge in [-0.25, -0.2) is 0 Å². The Bertz CT molecular complexity index is 2410. The molecule has 18 heteroatoms. The molecule has 350 valence electrons. The first kappa shape index (κ1) is 48.2. The molecule has 7 rings (SSSR count). The number of fused-ring (bicyclic) bond motifs is 14. The third kappa shape index (κ3) is 9.74. The van der Waals surface area contributed by atoms with Crippen molar-refractivity contribution < 1.29 is 58.9 Å². The van der Waals surface area contributed by atoms with Crippen LogP contribution in [0, 0.1) is 30.6 Å². The third-order valence-electron chi connectivity index (χ3n) is 12.7. The van der Waals surface area contributed by atoms with Crippen LogP contribution in [0.5, 0.6) is 23.0 Å². The van der Waals surface area contributed by atoms with Crippen molar-refractivity contribution in [2.45, 2.75) is 105 Å². The highest BCUT2D eigenvalue weighted by Gasteiger charge is 2.50. The Morgan fingerprint density at radius 3 is 2.31 bits per heavy atom. The maximum absolute atomic E-state index is 14.5. The number of ether oxygens (including phenoxy) is 4. The molecule has 9 atom stereocenters. The first-order valence-electron chi connectivity index (χ1n) is 21.8. The number of benzene rings is 2. The number of methoxy groups -OCH3 is 1. The van der Waals surface area contributed by atoms with Gasteiger partial charge in [0, 0.05) is 74.2 Å². The van der Waals surface area contributed by atoms with E-state index >= 15 is 0 Å². The molecule has 0 saturated carbocycles. The Morgan fingerprint density at radius 1 is 0.954 bits per heavy atom. The molecule has 0 radical (unpaired) electrons. The van der Waals surface area contributed by atoms with Crippen molar-refractivity contribution >= 4 is 52.0 Å². The fourth-order valence-corrected chi connectivity index (χ4v) is 8.71. The summed E-state index contributed by atoms with van der Waals surface area (Å²) < 4.78 is 23.6. The summed E-state index contributed by atoms with van der Waals surface area (Å²) in [5, 5.41) is 73.5. The average Bonchev–Trinajstić information content (AvgIpc) is 3.55. The summed E-state index contributed by atoms with van der Waals surface area (Å²) in [4.78, 5) is 42.9. The number of rotatable bonds is 6. The van der Waals surface area contributed by atoms with E-state index < -0.39 is 88.8 Å². The van der Waals surface area contributed by atoms with Crippen molar-refractivity contribution in [3.05, 3.63) is 65.0 Å². The Balaban J connectivity index is 1.47. The number of phenolic OH excluding ortho intramolecular Hbond substituents is 3. The molecule has 1 aromatic heterocycles. The van der Waals surface area contributed by atoms with Crippen LogP contribution in [0.1, 0.15) is 89.2 Å². The highest BCUT2D eigenvalue weighted by Crippen LogP contribution is 2.55. The van der Waals surface area contributed by atoms with Gasteiger partial charge in [-0.3, -0.25) is 19.8 Å². The number of esters is 1. The molecule has 65 heavy (non-hydrogen) atoms. The highest BCUT2D eigenvalue weighted by molar-refractivity contribution is 6.24. The Hall–Kier alpha value is -6.24. The number of amides is 1. The average molecular weight is 901 g/mol. The van der Waals surface area contributed by atoms with Crippen LogP contribution in [0.15, 0.2) is 53.4 Å². The quantitative estimate of drug-likeness (QED) is 0.0494. The molecule has 4 aliphatic rings. The summed E-state index contributed by atoms with van der Waals surface area (Å²) in [6, 6.07) is 3.48. The van der Waals surface area contributed by atoms with Crippen LogP contribution in [-0.2, 0) is 23.8 Å². The number of aliphatic hydroxyl groups is 2. The van der Waals surface area contributed by atoms with E-state index in [1.54, 1.807) is 52.0 Å². The van der Waals surface area contributed by atoms with E-state index in [2.05, 4.69) is 30.9 Å². The molecule has 1 fully saturated rings. The maximum atomic E-state index is 14.5. The maximum Gasteiger partial charge on any atom is 0.312 e. The number of carbonyl (C=O) groups is 3. The van der Waals surface area contributed by atoms with Crippen molar-refractivity contribution in [3.63, 3.8) is 0 Å². The summed E-state index contributed by atoms with van der Waals surface area (Å²) in [6.45, 7) is 14.2. The standard InChI is InChI=1S/C47H60N6O12/c1-23-14-13-15-24(2)46(61)49-37-30(22-48-50-32-16-17-33(52-51-32)53-19-11-10-12-20-53)41(58)34-35(42(37)59)40(57)28(6)44-36(34)45(60)47(8,65-44)63-21-18-31(62-9)25(3)43(64-29(7)54)27(5)39(56)26(4)38(23)55/h13-18,21-23,25-27,31,38-39,43,55-59H,10-12,19-20H2,1-9H3,(H,49,61)(H,50,51)/b14-13?,21-18?,24-15?,48-22+. The first-order chi connectivity index (χ1) is 30.8. The van der Waals surface area contributed by atoms with Crippen molar-refractivity contribution in [3.8, 4) is 23.0 Å². The van der Waals surface area contributed by atoms with Crippen molar-refractivity contribution in [1.82, 2.24) is 10.2 Å². The van der Waals surface area contributed by atoms with E-state index in [1.165, 1.54) is 53.2 Å². The number of nitrogens with one attached hydrogen (secondary N) is 2. The second-order valence-electron chi connectivity index (χ2n) is 17.3. The summed E-state index contributed by atoms with van der Waals surface area (Å²) in [7, 11) is 1.43. The van der Waals surface area contributed by atoms with Crippen LogP contribution in [-0.4, -0.2) is 110 Å². The molecule has 5 heterocycles. The zero-order valence-corrected chi connectivity index (χ0v) is 38.2. The predicted octanol–water partition coefficient (Wildman–Crippen LogP) is 5.98. The van der Waals surface area contributed by atoms with Crippen LogP contribution < -0.4 is 20.4 Å². The van der Waals surface area contributed by atoms with Gasteiger partial charge in [-0.1, -0.05) is 45.9 Å². The van der Waals surface area contributed by atoms with Crippen LogP contribution in [0.2, 0.25) is 0 Å². The molecular formula is C47H60N6O12. The van der Waals surface area contributed by atoms with Crippen LogP contribution in [0.4, 0.5) is 17.3 Å². The number of allylic oxidation sites excluding steroid dienone is 2. The molecule has 1 amide bonds. The molecule has 5 bridgehead atoms. The lowest BCUT2D eigenvalue weighted by Crippen LogP contribution is -2.46. The highest BCUT2D eigenvalue weighted by atomic mass is 16.7. The molecule has 7 N–H and O–H groups in total. The predicted molar refractivity (Wildman–Crippen MR) is 243 cm³/mol. The molecular weight excluding hydrogens is 841 g/mol. The Morgan fingerprint density at radius 2 is 1.66 bits per heavy atom. The fourth-order valence-electron chi connectivity index (χ4n) is 8.71. The molecule has 0 spiro atoms. The van der Waals surface area contributed by atoms with Gasteiger partial charge in [-0.2, -0.15) is 5.10 Å². The summed E-state index contributed by atoms with van der Waals surface area (Å²) in [5.74, 6) is -7.82. The van der Waals surface area contributed by atoms with Crippen LogP contribution in [0.25, 0.3) is 10.8 Å². The Kier molecular flexibility index (Phi) is 14.7. The number of carbonyl (C=O) groups excluding carboxylic acids is 3. The van der Waals surface area contributed by atoms with E-state index in [4.69, 9.17) is 18.9 Å². The molecule has 9 unspecified atom stereocenters. The summed E-state index contributed by atoms with van der Waals surface area (Å²) >= 11 is 0. The van der Waals surface area contributed by atoms with Crippen molar-refractivity contribution in [2.75, 3.05) is 35.8 Å². The van der Waals surface area contributed by atoms with Gasteiger partial charge in [0.05, 0.1) is 53.0 Å². The van der Waals surface area contributed by atoms with E-state index in [9.17, 15) is 39.9 Å². The van der Waals surface area contributed by atoms with Crippen LogP contribution in [0.3, 0.4) is 0 Å². The monoisotopic (exact) mass is 900 g/mol. The zero-order valence-electron chi connectivity index (χ0n) is 38.2. The van der Waals surface area contributed by atoms with Crippen molar-refractivity contribution in [1.29, 1.82) is 0 Å². The molecule has 2 aromatic carbocycles. The van der Waals surface area contributed by atoms with Gasteiger partial charge < -0.3 is 54.7 Å². The van der Waals surface area contributed by atoms with Gasteiger partial charge in [-0.15, -0.1) is 10.2 Å². The molecule has 0 aliphatic carbocycles. The number of hydrogen-bond acceptors (Lipinski definition) is 17. The normalized spacial score (nSPS) is 28.0. The zero-order chi connectivity index (χ0) is 47.5. The number of piperidine rings is 1. The van der Waals surface area contributed by atoms with E-state index in [-0.39, 0.29) is 50.3 Å². The number of phenols is 3. The number of aromatic nitrogens is 2. The number of hydrogen-bond donors (Lipinski definition) is 7. The number of ketones is 1. The lowest BCUT2D eigenvalue weighted by atomic mass is 9.78. The number of hydrazone groups is 1. The first-order valence-corrected chi connectivity index (χ1v) is 21.8. The van der Waals surface area contributed by atoms with Gasteiger partial charge in [0.2, 0.25) is 0 Å². The minimum absolute atomic E-state index is 0.0243. The molecule has 3 aromatic rings. The lowest BCUT2D eigenvalue weighted by molar-refractivity contribution is -0.160. The van der Waals surface area contributed by atoms with E-state index in [1.807, 2.05) is 0 Å².